The molecule has 0 fully saturated rings. The van der Waals surface area contributed by atoms with E-state index in [-0.39, 0.29) is 28.6 Å². The molecule has 0 saturated heterocycles. The third-order valence-corrected chi connectivity index (χ3v) is 3.94. The van der Waals surface area contributed by atoms with Crippen LogP contribution in [-0.2, 0) is 11.5 Å². The van der Waals surface area contributed by atoms with E-state index in [1.54, 1.807) is 6.26 Å². The molecule has 116 valence electrons. The van der Waals surface area contributed by atoms with Crippen LogP contribution in [0.5, 0.6) is 0 Å². The lowest BCUT2D eigenvalue weighted by molar-refractivity contribution is 0.0345. The van der Waals surface area contributed by atoms with Crippen molar-refractivity contribution in [2.24, 2.45) is 0 Å². The van der Waals surface area contributed by atoms with E-state index in [2.05, 4.69) is 10.2 Å². The number of esters is 1. The Morgan fingerprint density at radius 1 is 1.36 bits per heavy atom. The summed E-state index contributed by atoms with van der Waals surface area (Å²) in [5, 5.41) is 8.56. The lowest BCUT2D eigenvalue weighted by atomic mass is 10.2. The van der Waals surface area contributed by atoms with Gasteiger partial charge < -0.3 is 4.74 Å². The number of hydrogen-bond acceptors (Lipinski definition) is 6. The van der Waals surface area contributed by atoms with E-state index >= 15 is 0 Å². The van der Waals surface area contributed by atoms with Gasteiger partial charge in [0.15, 0.2) is 11.9 Å². The van der Waals surface area contributed by atoms with Gasteiger partial charge in [-0.25, -0.2) is 9.36 Å². The molecule has 2 aromatic rings. The first-order valence-electron chi connectivity index (χ1n) is 6.04. The number of aromatic nitrogens is 3. The van der Waals surface area contributed by atoms with Gasteiger partial charge in [-0.2, -0.15) is 0 Å². The van der Waals surface area contributed by atoms with E-state index in [4.69, 9.17) is 27.9 Å². The molecule has 9 heteroatoms. The zero-order chi connectivity index (χ0) is 16.3. The monoisotopic (exact) mass is 359 g/mol. The van der Waals surface area contributed by atoms with Crippen LogP contribution in [0.2, 0.25) is 10.0 Å². The van der Waals surface area contributed by atoms with Gasteiger partial charge in [-0.1, -0.05) is 35.0 Å². The van der Waals surface area contributed by atoms with Gasteiger partial charge in [0.2, 0.25) is 0 Å². The van der Waals surface area contributed by atoms with Crippen LogP contribution in [0.15, 0.2) is 28.2 Å². The van der Waals surface area contributed by atoms with Crippen molar-refractivity contribution in [2.45, 2.75) is 18.8 Å². The first-order valence-corrected chi connectivity index (χ1v) is 8.02. The van der Waals surface area contributed by atoms with E-state index in [0.29, 0.717) is 10.2 Å². The Morgan fingerprint density at radius 3 is 2.73 bits per heavy atom. The van der Waals surface area contributed by atoms with Crippen molar-refractivity contribution in [3.8, 4) is 0 Å². The van der Waals surface area contributed by atoms with Crippen molar-refractivity contribution in [1.29, 1.82) is 0 Å². The molecule has 0 unspecified atom stereocenters. The fourth-order valence-electron chi connectivity index (χ4n) is 1.62. The lowest BCUT2D eigenvalue weighted by Gasteiger charge is -2.11. The molecule has 1 heterocycles. The highest BCUT2D eigenvalue weighted by molar-refractivity contribution is 7.98. The van der Waals surface area contributed by atoms with Crippen molar-refractivity contribution < 1.29 is 9.53 Å². The fourth-order valence-corrected chi connectivity index (χ4v) is 2.58. The molecule has 0 saturated carbocycles. The molecule has 0 aliphatic heterocycles. The summed E-state index contributed by atoms with van der Waals surface area (Å²) in [6, 6.07) is 4.43. The summed E-state index contributed by atoms with van der Waals surface area (Å²) in [5.74, 6) is -0.657. The van der Waals surface area contributed by atoms with Crippen LogP contribution in [0, 0.1) is 6.92 Å². The quantitative estimate of drug-likeness (QED) is 0.617. The van der Waals surface area contributed by atoms with Crippen LogP contribution in [-0.4, -0.2) is 27.0 Å². The Bertz CT molecular complexity index is 780. The zero-order valence-corrected chi connectivity index (χ0v) is 14.0. The summed E-state index contributed by atoms with van der Waals surface area (Å²) < 4.78 is 6.36. The summed E-state index contributed by atoms with van der Waals surface area (Å²) in [6.45, 7) is 1.26. The van der Waals surface area contributed by atoms with Crippen LogP contribution in [0.25, 0.3) is 0 Å². The van der Waals surface area contributed by atoms with Crippen LogP contribution in [0.4, 0.5) is 0 Å². The lowest BCUT2D eigenvalue weighted by Crippen LogP contribution is -2.28. The number of nitrogens with zero attached hydrogens (tertiary/aromatic N) is 3. The number of thioether (sulfide) groups is 1. The van der Waals surface area contributed by atoms with Gasteiger partial charge in [0, 0.05) is 5.02 Å². The molecule has 22 heavy (non-hydrogen) atoms. The maximum absolute atomic E-state index is 12.0. The van der Waals surface area contributed by atoms with Crippen molar-refractivity contribution in [3.63, 3.8) is 0 Å². The number of ether oxygens (including phenoxy) is 1. The molecular weight excluding hydrogens is 349 g/mol. The molecule has 0 aliphatic rings. The van der Waals surface area contributed by atoms with E-state index in [1.807, 2.05) is 0 Å². The van der Waals surface area contributed by atoms with Crippen LogP contribution in [0.1, 0.15) is 16.1 Å². The predicted molar refractivity (Wildman–Crippen MR) is 84.7 cm³/mol. The smallest absolute Gasteiger partial charge is 0.341 e. The van der Waals surface area contributed by atoms with Gasteiger partial charge in [-0.05, 0) is 31.4 Å². The van der Waals surface area contributed by atoms with Gasteiger partial charge in [-0.3, -0.25) is 4.79 Å². The third-order valence-electron chi connectivity index (χ3n) is 2.73. The summed E-state index contributed by atoms with van der Waals surface area (Å²) in [6.07, 6.45) is 1.74. The molecule has 0 aliphatic carbocycles. The molecule has 0 amide bonds. The number of benzene rings is 1. The van der Waals surface area contributed by atoms with Gasteiger partial charge in [0.1, 0.15) is 5.69 Å². The van der Waals surface area contributed by atoms with Gasteiger partial charge >= 0.3 is 5.97 Å². The number of carbonyl (C=O) groups is 1. The summed E-state index contributed by atoms with van der Waals surface area (Å²) in [4.78, 5) is 24.1. The zero-order valence-electron chi connectivity index (χ0n) is 11.7. The highest BCUT2D eigenvalue weighted by Gasteiger charge is 2.15. The Hall–Kier alpha value is -1.57. The Labute approximate surface area is 140 Å². The van der Waals surface area contributed by atoms with Gasteiger partial charge in [0.05, 0.1) is 10.6 Å². The average molecular weight is 360 g/mol. The summed E-state index contributed by atoms with van der Waals surface area (Å²) >= 11 is 12.9. The Morgan fingerprint density at radius 2 is 2.09 bits per heavy atom. The second-order valence-electron chi connectivity index (χ2n) is 4.19. The van der Waals surface area contributed by atoms with Crippen LogP contribution in [0.3, 0.4) is 0 Å². The van der Waals surface area contributed by atoms with Crippen molar-refractivity contribution in [3.05, 3.63) is 49.9 Å². The Kier molecular flexibility index (Phi) is 5.44. The first-order chi connectivity index (χ1) is 10.4. The third kappa shape index (κ3) is 3.60. The normalized spacial score (nSPS) is 10.5. The number of carbonyl (C=O) groups excluding carboxylic acids is 1. The van der Waals surface area contributed by atoms with Crippen LogP contribution >= 0.6 is 35.0 Å². The standard InChI is InChI=1S/C13H11Cl2N3O3S/c1-7-11(19)18(13(22-2)17-16-7)6-21-12(20)9-4-3-8(14)5-10(9)15/h3-5H,6H2,1-2H3. The van der Waals surface area contributed by atoms with Gasteiger partial charge in [-0.15, -0.1) is 10.2 Å². The molecule has 6 nitrogen and oxygen atoms in total. The van der Waals surface area contributed by atoms with Crippen molar-refractivity contribution >= 4 is 40.9 Å². The summed E-state index contributed by atoms with van der Waals surface area (Å²) in [5.41, 5.74) is 0.0243. The van der Waals surface area contributed by atoms with Crippen molar-refractivity contribution in [1.82, 2.24) is 14.8 Å². The predicted octanol–water partition coefficient (Wildman–Crippen LogP) is 2.79. The average Bonchev–Trinajstić information content (AvgIpc) is 2.48. The molecule has 0 bridgehead atoms. The van der Waals surface area contributed by atoms with Crippen molar-refractivity contribution in [2.75, 3.05) is 6.26 Å². The van der Waals surface area contributed by atoms with E-state index in [0.717, 1.165) is 0 Å². The van der Waals surface area contributed by atoms with Gasteiger partial charge in [0.25, 0.3) is 5.56 Å². The number of rotatable bonds is 4. The van der Waals surface area contributed by atoms with Crippen LogP contribution < -0.4 is 5.56 Å². The SMILES string of the molecule is CSc1nnc(C)c(=O)n1COC(=O)c1ccc(Cl)cc1Cl. The second-order valence-corrected chi connectivity index (χ2v) is 5.81. The maximum Gasteiger partial charge on any atom is 0.341 e. The minimum atomic E-state index is -0.657. The minimum Gasteiger partial charge on any atom is -0.440 e. The molecule has 2 rings (SSSR count). The molecule has 0 spiro atoms. The largest absolute Gasteiger partial charge is 0.440 e. The fraction of sp³-hybridized carbons (Fsp3) is 0.231. The molecular formula is C13H11Cl2N3O3S. The number of halogens is 2. The molecule has 0 N–H and O–H groups in total. The second kappa shape index (κ2) is 7.13. The highest BCUT2D eigenvalue weighted by Crippen LogP contribution is 2.21. The molecule has 1 aromatic heterocycles. The molecule has 0 radical (unpaired) electrons. The maximum atomic E-state index is 12.0. The topological polar surface area (TPSA) is 74.1 Å². The minimum absolute atomic E-state index is 0.170. The molecule has 0 atom stereocenters. The molecule has 1 aromatic carbocycles. The van der Waals surface area contributed by atoms with E-state index < -0.39 is 5.97 Å². The van der Waals surface area contributed by atoms with E-state index in [9.17, 15) is 9.59 Å². The Balaban J connectivity index is 2.21. The van der Waals surface area contributed by atoms with E-state index in [1.165, 1.54) is 41.5 Å². The summed E-state index contributed by atoms with van der Waals surface area (Å²) in [7, 11) is 0. The highest BCUT2D eigenvalue weighted by atomic mass is 35.5. The first kappa shape index (κ1) is 16.8. The number of hydrogen-bond donors (Lipinski definition) is 0. The number of aryl methyl sites for hydroxylation is 1.